The average molecular weight is 407 g/mol. The molecule has 0 N–H and O–H groups in total. The monoisotopic (exact) mass is 407 g/mol. The van der Waals surface area contributed by atoms with Crippen molar-refractivity contribution in [2.45, 2.75) is 38.5 Å². The Morgan fingerprint density at radius 1 is 1.23 bits per heavy atom. The molecule has 1 aliphatic heterocycles. The molecule has 9 heteroatoms. The van der Waals surface area contributed by atoms with Crippen LogP contribution in [0.4, 0.5) is 10.2 Å². The number of rotatable bonds is 5. The minimum atomic E-state index is -0.319. The van der Waals surface area contributed by atoms with Gasteiger partial charge in [0.2, 0.25) is 11.7 Å². The Balaban J connectivity index is 1.42. The fourth-order valence-electron chi connectivity index (χ4n) is 3.99. The lowest BCUT2D eigenvalue weighted by molar-refractivity contribution is 0.333. The van der Waals surface area contributed by atoms with E-state index in [0.29, 0.717) is 23.1 Å². The highest BCUT2D eigenvalue weighted by Gasteiger charge is 2.28. The molecule has 5 rings (SSSR count). The molecular formula is C21H22FN7O. The molecule has 4 heterocycles. The molecule has 1 saturated heterocycles. The van der Waals surface area contributed by atoms with E-state index in [9.17, 15) is 4.39 Å². The smallest absolute Gasteiger partial charge is 0.254 e. The molecule has 4 aromatic rings. The maximum Gasteiger partial charge on any atom is 0.254 e. The maximum atomic E-state index is 13.5. The number of aromatic nitrogens is 6. The summed E-state index contributed by atoms with van der Waals surface area (Å²) in [5.74, 6) is 2.36. The summed E-state index contributed by atoms with van der Waals surface area (Å²) in [6, 6.07) is 8.33. The van der Waals surface area contributed by atoms with Crippen molar-refractivity contribution < 1.29 is 8.91 Å². The van der Waals surface area contributed by atoms with E-state index in [-0.39, 0.29) is 11.7 Å². The quantitative estimate of drug-likeness (QED) is 0.499. The van der Waals surface area contributed by atoms with Crippen LogP contribution in [0.25, 0.3) is 17.2 Å². The number of nitrogens with zero attached hydrogens (tertiary/aromatic N) is 7. The molecule has 0 amide bonds. The number of piperidine rings is 1. The minimum Gasteiger partial charge on any atom is -0.356 e. The van der Waals surface area contributed by atoms with E-state index in [1.54, 1.807) is 16.6 Å². The molecule has 1 unspecified atom stereocenters. The van der Waals surface area contributed by atoms with Crippen molar-refractivity contribution in [2.24, 2.45) is 0 Å². The highest BCUT2D eigenvalue weighted by molar-refractivity contribution is 5.54. The summed E-state index contributed by atoms with van der Waals surface area (Å²) in [7, 11) is 0. The van der Waals surface area contributed by atoms with Crippen LogP contribution in [0.1, 0.15) is 43.7 Å². The average Bonchev–Trinajstić information content (AvgIpc) is 3.43. The summed E-state index contributed by atoms with van der Waals surface area (Å²) in [6.07, 6.45) is 5.39. The second-order valence-corrected chi connectivity index (χ2v) is 7.58. The number of fused-ring (bicyclic) bond motifs is 1. The third kappa shape index (κ3) is 3.51. The summed E-state index contributed by atoms with van der Waals surface area (Å²) < 4.78 is 20.9. The lowest BCUT2D eigenvalue weighted by Crippen LogP contribution is -2.36. The lowest BCUT2D eigenvalue weighted by atomic mass is 9.98. The van der Waals surface area contributed by atoms with Gasteiger partial charge in [0.1, 0.15) is 18.0 Å². The molecule has 0 saturated carbocycles. The second kappa shape index (κ2) is 7.81. The van der Waals surface area contributed by atoms with E-state index in [1.807, 2.05) is 0 Å². The number of anilines is 1. The fraction of sp³-hybridized carbons (Fsp3) is 0.381. The van der Waals surface area contributed by atoms with Gasteiger partial charge in [-0.05, 0) is 31.4 Å². The first-order chi connectivity index (χ1) is 14.7. The number of aryl methyl sites for hydroxylation is 1. The molecule has 0 radical (unpaired) electrons. The van der Waals surface area contributed by atoms with Crippen molar-refractivity contribution in [1.29, 1.82) is 0 Å². The number of hydrogen-bond donors (Lipinski definition) is 0. The Hall–Kier alpha value is -3.36. The molecule has 1 fully saturated rings. The van der Waals surface area contributed by atoms with Crippen LogP contribution >= 0.6 is 0 Å². The zero-order valence-electron chi connectivity index (χ0n) is 16.7. The molecule has 30 heavy (non-hydrogen) atoms. The highest BCUT2D eigenvalue weighted by atomic mass is 19.1. The molecule has 1 aliphatic rings. The van der Waals surface area contributed by atoms with Crippen LogP contribution < -0.4 is 4.90 Å². The SMILES string of the molecule is CCCc1cc(N2CCCC(c3nc(-c4cccc(F)c4)no3)C2)n2ncnc2n1. The minimum absolute atomic E-state index is 0.0925. The van der Waals surface area contributed by atoms with Crippen molar-refractivity contribution in [2.75, 3.05) is 18.0 Å². The highest BCUT2D eigenvalue weighted by Crippen LogP contribution is 2.30. The van der Waals surface area contributed by atoms with Gasteiger partial charge in [-0.15, -0.1) is 0 Å². The van der Waals surface area contributed by atoms with Gasteiger partial charge >= 0.3 is 0 Å². The van der Waals surface area contributed by atoms with Gasteiger partial charge in [0, 0.05) is 30.4 Å². The van der Waals surface area contributed by atoms with Crippen LogP contribution in [-0.2, 0) is 6.42 Å². The van der Waals surface area contributed by atoms with E-state index in [2.05, 4.69) is 43.1 Å². The predicted octanol–water partition coefficient (Wildman–Crippen LogP) is 3.65. The van der Waals surface area contributed by atoms with Gasteiger partial charge in [-0.3, -0.25) is 0 Å². The Kier molecular flexibility index (Phi) is 4.86. The number of halogens is 1. The van der Waals surface area contributed by atoms with Crippen molar-refractivity contribution in [3.05, 3.63) is 54.1 Å². The summed E-state index contributed by atoms with van der Waals surface area (Å²) in [6.45, 7) is 3.78. The van der Waals surface area contributed by atoms with E-state index in [1.165, 1.54) is 18.5 Å². The van der Waals surface area contributed by atoms with Crippen molar-refractivity contribution in [3.63, 3.8) is 0 Å². The molecule has 8 nitrogen and oxygen atoms in total. The first-order valence-corrected chi connectivity index (χ1v) is 10.3. The van der Waals surface area contributed by atoms with Crippen LogP contribution in [0, 0.1) is 5.82 Å². The van der Waals surface area contributed by atoms with E-state index in [0.717, 1.165) is 50.3 Å². The Morgan fingerprint density at radius 2 is 2.17 bits per heavy atom. The number of benzene rings is 1. The first kappa shape index (κ1) is 18.7. The van der Waals surface area contributed by atoms with E-state index in [4.69, 9.17) is 4.52 Å². The standard InChI is InChI=1S/C21H22FN7O/c1-2-5-17-11-18(29-21(25-17)23-13-24-29)28-9-4-7-15(12-28)20-26-19(27-30-20)14-6-3-8-16(22)10-14/h3,6,8,10-11,13,15H,2,4-5,7,9,12H2,1H3. The molecule has 154 valence electrons. The third-order valence-electron chi connectivity index (χ3n) is 5.41. The molecular weight excluding hydrogens is 385 g/mol. The van der Waals surface area contributed by atoms with Crippen LogP contribution in [0.2, 0.25) is 0 Å². The summed E-state index contributed by atoms with van der Waals surface area (Å²) in [4.78, 5) is 15.7. The zero-order chi connectivity index (χ0) is 20.5. The Morgan fingerprint density at radius 3 is 3.03 bits per heavy atom. The molecule has 1 atom stereocenters. The normalized spacial score (nSPS) is 17.0. The van der Waals surface area contributed by atoms with Gasteiger partial charge in [-0.2, -0.15) is 19.6 Å². The zero-order valence-corrected chi connectivity index (χ0v) is 16.7. The largest absolute Gasteiger partial charge is 0.356 e. The Labute approximate surface area is 172 Å². The second-order valence-electron chi connectivity index (χ2n) is 7.58. The summed E-state index contributed by atoms with van der Waals surface area (Å²) >= 11 is 0. The number of hydrogen-bond acceptors (Lipinski definition) is 7. The third-order valence-corrected chi connectivity index (χ3v) is 5.41. The van der Waals surface area contributed by atoms with E-state index >= 15 is 0 Å². The van der Waals surface area contributed by atoms with Crippen molar-refractivity contribution >= 4 is 11.6 Å². The van der Waals surface area contributed by atoms with Gasteiger partial charge in [0.25, 0.3) is 5.78 Å². The topological polar surface area (TPSA) is 85.2 Å². The van der Waals surface area contributed by atoms with Gasteiger partial charge < -0.3 is 9.42 Å². The van der Waals surface area contributed by atoms with Gasteiger partial charge in [-0.1, -0.05) is 30.6 Å². The maximum absolute atomic E-state index is 13.5. The predicted molar refractivity (Wildman–Crippen MR) is 109 cm³/mol. The summed E-state index contributed by atoms with van der Waals surface area (Å²) in [5.41, 5.74) is 1.63. The fourth-order valence-corrected chi connectivity index (χ4v) is 3.99. The van der Waals surface area contributed by atoms with Crippen LogP contribution in [0.15, 0.2) is 41.2 Å². The molecule has 1 aromatic carbocycles. The van der Waals surface area contributed by atoms with Gasteiger partial charge in [-0.25, -0.2) is 9.37 Å². The van der Waals surface area contributed by atoms with Crippen LogP contribution in [0.3, 0.4) is 0 Å². The molecule has 0 spiro atoms. The van der Waals surface area contributed by atoms with Crippen LogP contribution in [0.5, 0.6) is 0 Å². The Bertz CT molecular complexity index is 1170. The van der Waals surface area contributed by atoms with Crippen molar-refractivity contribution in [3.8, 4) is 11.4 Å². The lowest BCUT2D eigenvalue weighted by Gasteiger charge is -2.32. The summed E-state index contributed by atoms with van der Waals surface area (Å²) in [5, 5.41) is 8.43. The molecule has 0 aliphatic carbocycles. The first-order valence-electron chi connectivity index (χ1n) is 10.3. The van der Waals surface area contributed by atoms with Gasteiger partial charge in [0.15, 0.2) is 0 Å². The van der Waals surface area contributed by atoms with Crippen molar-refractivity contribution in [1.82, 2.24) is 29.7 Å². The van der Waals surface area contributed by atoms with E-state index < -0.39 is 0 Å². The van der Waals surface area contributed by atoms with Crippen LogP contribution in [-0.4, -0.2) is 42.8 Å². The van der Waals surface area contributed by atoms with Gasteiger partial charge in [0.05, 0.1) is 5.92 Å². The molecule has 3 aromatic heterocycles. The molecule has 0 bridgehead atoms.